The van der Waals surface area contributed by atoms with Crippen LogP contribution in [0.25, 0.3) is 27.7 Å². The van der Waals surface area contributed by atoms with Gasteiger partial charge in [0.15, 0.2) is 0 Å². The lowest BCUT2D eigenvalue weighted by molar-refractivity contribution is 0.415. The number of allylic oxidation sites excluding steroid dienone is 1. The molecule has 0 spiro atoms. The Bertz CT molecular complexity index is 1740. The normalized spacial score (nSPS) is 15.9. The highest BCUT2D eigenvalue weighted by molar-refractivity contribution is 7.92. The summed E-state index contributed by atoms with van der Waals surface area (Å²) in [4.78, 5) is 4.31. The molecule has 216 valence electrons. The van der Waals surface area contributed by atoms with Gasteiger partial charge in [-0.2, -0.15) is 5.10 Å². The average molecular weight is 601 g/mol. The van der Waals surface area contributed by atoms with Crippen molar-refractivity contribution in [3.63, 3.8) is 0 Å². The molecule has 4 aromatic rings. The van der Waals surface area contributed by atoms with Crippen LogP contribution in [0, 0.1) is 5.82 Å². The van der Waals surface area contributed by atoms with E-state index in [1.807, 2.05) is 18.5 Å². The van der Waals surface area contributed by atoms with Crippen LogP contribution in [0.3, 0.4) is 0 Å². The standard InChI is InChI=1S/C29H31ClF2N6O2S/c1-17(2)38-28-21(18-7-10-20(11-8-18)34-14-13-31)16-35-29(33)26(28)27(36-38)19-9-12-24(23(32)15-19)37-41(39,40)25-6-4-3-5-22(25)30/h3-7,9,12,15-17,20,34,37H,8,10-11,13-14H2,1-2H3,(H2,33,35)/t20-/m1/s1. The van der Waals surface area contributed by atoms with Crippen molar-refractivity contribution in [2.24, 2.45) is 0 Å². The highest BCUT2D eigenvalue weighted by atomic mass is 35.5. The summed E-state index contributed by atoms with van der Waals surface area (Å²) in [6.07, 6.45) is 6.29. The first-order valence-corrected chi connectivity index (χ1v) is 15.2. The number of hydrogen-bond donors (Lipinski definition) is 3. The molecule has 0 saturated carbocycles. The summed E-state index contributed by atoms with van der Waals surface area (Å²) in [5, 5.41) is 8.68. The van der Waals surface area contributed by atoms with E-state index < -0.39 is 22.5 Å². The summed E-state index contributed by atoms with van der Waals surface area (Å²) in [6.45, 7) is 3.93. The summed E-state index contributed by atoms with van der Waals surface area (Å²) >= 11 is 6.05. The van der Waals surface area contributed by atoms with Gasteiger partial charge in [-0.1, -0.05) is 35.9 Å². The lowest BCUT2D eigenvalue weighted by Gasteiger charge is -2.23. The zero-order valence-electron chi connectivity index (χ0n) is 22.7. The quantitative estimate of drug-likeness (QED) is 0.206. The Morgan fingerprint density at radius 2 is 2.00 bits per heavy atom. The molecule has 0 aliphatic heterocycles. The van der Waals surface area contributed by atoms with Crippen LogP contribution in [0.4, 0.5) is 20.3 Å². The van der Waals surface area contributed by atoms with E-state index in [9.17, 15) is 12.8 Å². The number of nitrogens with two attached hydrogens (primary N) is 1. The second kappa shape index (κ2) is 11.8. The summed E-state index contributed by atoms with van der Waals surface area (Å²) in [5.74, 6) is -0.525. The average Bonchev–Trinajstić information content (AvgIpc) is 3.36. The van der Waals surface area contributed by atoms with Crippen LogP contribution >= 0.6 is 11.6 Å². The number of nitrogen functional groups attached to an aromatic ring is 1. The van der Waals surface area contributed by atoms with Gasteiger partial charge in [-0.25, -0.2) is 22.2 Å². The van der Waals surface area contributed by atoms with Gasteiger partial charge in [0, 0.05) is 36.0 Å². The van der Waals surface area contributed by atoms with Crippen LogP contribution in [-0.4, -0.2) is 42.4 Å². The lowest BCUT2D eigenvalue weighted by atomic mass is 9.90. The van der Waals surface area contributed by atoms with Crippen molar-refractivity contribution >= 4 is 49.6 Å². The smallest absolute Gasteiger partial charge is 0.263 e. The van der Waals surface area contributed by atoms with Gasteiger partial charge < -0.3 is 11.1 Å². The largest absolute Gasteiger partial charge is 0.383 e. The molecular weight excluding hydrogens is 570 g/mol. The van der Waals surface area contributed by atoms with Gasteiger partial charge in [0.25, 0.3) is 10.0 Å². The third-order valence-corrected chi connectivity index (χ3v) is 9.01. The van der Waals surface area contributed by atoms with Gasteiger partial charge in [0.1, 0.15) is 28.9 Å². The van der Waals surface area contributed by atoms with Crippen LogP contribution < -0.4 is 15.8 Å². The molecule has 41 heavy (non-hydrogen) atoms. The predicted molar refractivity (Wildman–Crippen MR) is 160 cm³/mol. The first-order valence-electron chi connectivity index (χ1n) is 13.3. The first kappa shape index (κ1) is 29.0. The van der Waals surface area contributed by atoms with E-state index in [1.165, 1.54) is 30.3 Å². The topological polar surface area (TPSA) is 115 Å². The van der Waals surface area contributed by atoms with E-state index in [2.05, 4.69) is 21.1 Å². The van der Waals surface area contributed by atoms with Crippen LogP contribution in [0.5, 0.6) is 0 Å². The number of hydrogen-bond acceptors (Lipinski definition) is 6. The van der Waals surface area contributed by atoms with Crippen molar-refractivity contribution in [1.29, 1.82) is 0 Å². The number of benzene rings is 2. The molecule has 2 aromatic heterocycles. The molecule has 2 heterocycles. The summed E-state index contributed by atoms with van der Waals surface area (Å²) in [7, 11) is -4.12. The molecule has 1 atom stereocenters. The maximum atomic E-state index is 15.4. The predicted octanol–water partition coefficient (Wildman–Crippen LogP) is 6.35. The number of pyridine rings is 1. The number of rotatable bonds is 9. The Hall–Kier alpha value is -3.54. The zero-order valence-corrected chi connectivity index (χ0v) is 24.2. The fraction of sp³-hybridized carbons (Fsp3) is 0.310. The van der Waals surface area contributed by atoms with Gasteiger partial charge in [-0.15, -0.1) is 0 Å². The van der Waals surface area contributed by atoms with E-state index >= 15 is 4.39 Å². The van der Waals surface area contributed by atoms with Crippen molar-refractivity contribution in [2.75, 3.05) is 23.7 Å². The highest BCUT2D eigenvalue weighted by Gasteiger charge is 2.25. The van der Waals surface area contributed by atoms with Crippen LogP contribution in [-0.2, 0) is 10.0 Å². The molecule has 0 fully saturated rings. The van der Waals surface area contributed by atoms with E-state index in [0.717, 1.165) is 35.9 Å². The maximum Gasteiger partial charge on any atom is 0.263 e. The highest BCUT2D eigenvalue weighted by Crippen LogP contribution is 2.40. The lowest BCUT2D eigenvalue weighted by Crippen LogP contribution is -2.31. The van der Waals surface area contributed by atoms with Crippen molar-refractivity contribution in [1.82, 2.24) is 20.1 Å². The number of alkyl halides is 1. The number of fused-ring (bicyclic) bond motifs is 1. The first-order chi connectivity index (χ1) is 19.6. The van der Waals surface area contributed by atoms with E-state index in [4.69, 9.17) is 22.4 Å². The maximum absolute atomic E-state index is 15.4. The Kier molecular flexibility index (Phi) is 8.30. The molecule has 0 amide bonds. The molecule has 0 unspecified atom stereocenters. The minimum atomic E-state index is -4.12. The van der Waals surface area contributed by atoms with E-state index in [-0.39, 0.29) is 33.5 Å². The second-order valence-electron chi connectivity index (χ2n) is 10.2. The molecule has 1 aliphatic rings. The molecule has 12 heteroatoms. The van der Waals surface area contributed by atoms with Crippen LogP contribution in [0.1, 0.15) is 44.7 Å². The summed E-state index contributed by atoms with van der Waals surface area (Å²) in [6, 6.07) is 10.3. The fourth-order valence-electron chi connectivity index (χ4n) is 5.14. The molecule has 4 N–H and O–H groups in total. The second-order valence-corrected chi connectivity index (χ2v) is 12.3. The third-order valence-electron chi connectivity index (χ3n) is 7.14. The van der Waals surface area contributed by atoms with Gasteiger partial charge in [0.2, 0.25) is 0 Å². The molecule has 2 aromatic carbocycles. The van der Waals surface area contributed by atoms with Crippen molar-refractivity contribution in [3.05, 3.63) is 71.1 Å². The monoisotopic (exact) mass is 600 g/mol. The number of halogens is 3. The van der Waals surface area contributed by atoms with E-state index in [0.29, 0.717) is 23.2 Å². The number of nitrogens with zero attached hydrogens (tertiary/aromatic N) is 3. The Morgan fingerprint density at radius 3 is 2.66 bits per heavy atom. The molecule has 1 aliphatic carbocycles. The van der Waals surface area contributed by atoms with Crippen molar-refractivity contribution in [2.45, 2.75) is 50.1 Å². The van der Waals surface area contributed by atoms with Crippen molar-refractivity contribution in [3.8, 4) is 11.3 Å². The van der Waals surface area contributed by atoms with Crippen molar-refractivity contribution < 1.29 is 17.2 Å². The summed E-state index contributed by atoms with van der Waals surface area (Å²) in [5.41, 5.74) is 9.82. The molecule has 0 bridgehead atoms. The molecular formula is C29H31ClF2N6O2S. The molecule has 0 radical (unpaired) electrons. The molecule has 0 saturated heterocycles. The van der Waals surface area contributed by atoms with Crippen LogP contribution in [0.15, 0.2) is 59.6 Å². The number of nitrogens with one attached hydrogen (secondary N) is 2. The van der Waals surface area contributed by atoms with Gasteiger partial charge in [0.05, 0.1) is 21.6 Å². The molecule has 8 nitrogen and oxygen atoms in total. The number of aromatic nitrogens is 3. The minimum Gasteiger partial charge on any atom is -0.383 e. The summed E-state index contributed by atoms with van der Waals surface area (Å²) < 4.78 is 57.8. The van der Waals surface area contributed by atoms with Gasteiger partial charge in [-0.05, 0) is 62.9 Å². The Balaban J connectivity index is 1.54. The minimum absolute atomic E-state index is 0.0288. The van der Waals surface area contributed by atoms with Gasteiger partial charge in [-0.3, -0.25) is 9.40 Å². The zero-order chi connectivity index (χ0) is 29.3. The fourth-order valence-corrected chi connectivity index (χ4v) is 6.72. The van der Waals surface area contributed by atoms with Crippen LogP contribution in [0.2, 0.25) is 5.02 Å². The third kappa shape index (κ3) is 5.79. The number of sulfonamides is 1. The Morgan fingerprint density at radius 1 is 1.22 bits per heavy atom. The Labute approximate surface area is 242 Å². The van der Waals surface area contributed by atoms with Gasteiger partial charge >= 0.3 is 0 Å². The molecule has 5 rings (SSSR count). The SMILES string of the molecule is CC(C)n1nc(-c2ccc(NS(=O)(=O)c3ccccc3Cl)c(F)c2)c2c(N)ncc(C3=CC[C@@H](NCCF)CC3)c21. The number of anilines is 2. The van der Waals surface area contributed by atoms with E-state index in [1.54, 1.807) is 18.3 Å².